The number of amides is 2. The van der Waals surface area contributed by atoms with Gasteiger partial charge in [0.2, 0.25) is 5.91 Å². The van der Waals surface area contributed by atoms with E-state index in [4.69, 9.17) is 16.3 Å². The molecule has 6 nitrogen and oxygen atoms in total. The van der Waals surface area contributed by atoms with E-state index in [1.54, 1.807) is 12.1 Å². The number of benzene rings is 1. The van der Waals surface area contributed by atoms with Crippen LogP contribution in [0.4, 0.5) is 5.69 Å². The molecule has 1 atom stereocenters. The number of hydrogen-bond acceptors (Lipinski definition) is 4. The minimum Gasteiger partial charge on any atom is -0.381 e. The van der Waals surface area contributed by atoms with Gasteiger partial charge in [0.15, 0.2) is 0 Å². The molecule has 1 N–H and O–H groups in total. The number of carbonyl (C=O) groups excluding carboxylic acids is 2. The number of nitrogens with zero attached hydrogens (tertiary/aromatic N) is 2. The molecule has 1 fully saturated rings. The maximum absolute atomic E-state index is 12.3. The summed E-state index contributed by atoms with van der Waals surface area (Å²) in [6, 6.07) is 5.29. The van der Waals surface area contributed by atoms with Crippen molar-refractivity contribution in [2.45, 2.75) is 26.2 Å². The smallest absolute Gasteiger partial charge is 0.267 e. The van der Waals surface area contributed by atoms with Crippen LogP contribution in [0.1, 0.15) is 24.8 Å². The number of aryl methyl sites for hydroxylation is 1. The van der Waals surface area contributed by atoms with Gasteiger partial charge in [-0.15, -0.1) is 0 Å². The van der Waals surface area contributed by atoms with Crippen LogP contribution in [0, 0.1) is 12.8 Å². The van der Waals surface area contributed by atoms with Crippen molar-refractivity contribution in [3.8, 4) is 0 Å². The van der Waals surface area contributed by atoms with E-state index in [-0.39, 0.29) is 18.2 Å². The molecule has 1 aromatic carbocycles. The van der Waals surface area contributed by atoms with Crippen LogP contribution in [-0.2, 0) is 14.3 Å². The first-order chi connectivity index (χ1) is 11.5. The number of ether oxygens (including phenoxy) is 1. The van der Waals surface area contributed by atoms with Gasteiger partial charge in [0.25, 0.3) is 5.91 Å². The molecule has 2 aliphatic rings. The zero-order valence-corrected chi connectivity index (χ0v) is 14.3. The molecule has 0 spiro atoms. The lowest BCUT2D eigenvalue weighted by Crippen LogP contribution is -2.40. The molecular weight excluding hydrogens is 330 g/mol. The number of halogens is 1. The number of rotatable bonds is 4. The van der Waals surface area contributed by atoms with E-state index in [0.717, 1.165) is 18.6 Å². The molecule has 1 aromatic rings. The largest absolute Gasteiger partial charge is 0.381 e. The molecule has 2 amide bonds. The van der Waals surface area contributed by atoms with Gasteiger partial charge < -0.3 is 10.1 Å². The van der Waals surface area contributed by atoms with Gasteiger partial charge in [0.05, 0.1) is 12.3 Å². The molecule has 1 saturated heterocycles. The molecule has 24 heavy (non-hydrogen) atoms. The minimum atomic E-state index is -0.224. The van der Waals surface area contributed by atoms with Crippen LogP contribution in [0.3, 0.4) is 0 Å². The number of carbonyl (C=O) groups is 2. The van der Waals surface area contributed by atoms with E-state index in [1.807, 2.05) is 13.0 Å². The maximum atomic E-state index is 12.3. The minimum absolute atomic E-state index is 0.143. The van der Waals surface area contributed by atoms with E-state index in [1.165, 1.54) is 5.01 Å². The molecule has 0 saturated carbocycles. The maximum Gasteiger partial charge on any atom is 0.267 e. The van der Waals surface area contributed by atoms with Crippen molar-refractivity contribution in [3.63, 3.8) is 0 Å². The Morgan fingerprint density at radius 3 is 3.00 bits per heavy atom. The van der Waals surface area contributed by atoms with Crippen molar-refractivity contribution in [3.05, 3.63) is 28.8 Å². The van der Waals surface area contributed by atoms with Gasteiger partial charge in [0.1, 0.15) is 5.71 Å². The van der Waals surface area contributed by atoms with Crippen molar-refractivity contribution in [2.24, 2.45) is 11.0 Å². The lowest BCUT2D eigenvalue weighted by molar-refractivity contribution is -0.119. The van der Waals surface area contributed by atoms with Crippen LogP contribution < -0.4 is 10.3 Å². The third kappa shape index (κ3) is 3.76. The van der Waals surface area contributed by atoms with Gasteiger partial charge in [-0.25, -0.2) is 5.01 Å². The molecule has 3 rings (SSSR count). The predicted octanol–water partition coefficient (Wildman–Crippen LogP) is 2.28. The second-order valence-corrected chi connectivity index (χ2v) is 6.53. The highest BCUT2D eigenvalue weighted by Crippen LogP contribution is 2.26. The fraction of sp³-hybridized carbons (Fsp3) is 0.471. The van der Waals surface area contributed by atoms with Gasteiger partial charge in [-0.05, 0) is 31.0 Å². The Balaban J connectivity index is 1.72. The summed E-state index contributed by atoms with van der Waals surface area (Å²) in [4.78, 5) is 24.5. The van der Waals surface area contributed by atoms with Gasteiger partial charge in [-0.2, -0.15) is 5.10 Å². The first-order valence-corrected chi connectivity index (χ1v) is 8.45. The summed E-state index contributed by atoms with van der Waals surface area (Å²) in [5.74, 6) is -0.0138. The fourth-order valence-corrected chi connectivity index (χ4v) is 2.89. The highest BCUT2D eigenvalue weighted by molar-refractivity contribution is 6.40. The molecule has 0 unspecified atom stereocenters. The Morgan fingerprint density at radius 2 is 2.29 bits per heavy atom. The Hall–Kier alpha value is -1.92. The number of hydrazone groups is 1. The molecule has 0 bridgehead atoms. The van der Waals surface area contributed by atoms with E-state index >= 15 is 0 Å². The molecule has 2 heterocycles. The Labute approximate surface area is 145 Å². The van der Waals surface area contributed by atoms with Crippen molar-refractivity contribution in [1.82, 2.24) is 5.32 Å². The van der Waals surface area contributed by atoms with Gasteiger partial charge in [0, 0.05) is 36.9 Å². The lowest BCUT2D eigenvalue weighted by Gasteiger charge is -2.23. The van der Waals surface area contributed by atoms with Crippen molar-refractivity contribution >= 4 is 34.8 Å². The van der Waals surface area contributed by atoms with Gasteiger partial charge in [-0.3, -0.25) is 9.59 Å². The fourth-order valence-electron chi connectivity index (χ4n) is 2.72. The van der Waals surface area contributed by atoms with Crippen LogP contribution in [0.15, 0.2) is 23.3 Å². The predicted molar refractivity (Wildman–Crippen MR) is 92.3 cm³/mol. The molecule has 0 aromatic heterocycles. The van der Waals surface area contributed by atoms with E-state index < -0.39 is 0 Å². The quantitative estimate of drug-likeness (QED) is 0.906. The van der Waals surface area contributed by atoms with Crippen molar-refractivity contribution in [1.29, 1.82) is 0 Å². The average molecular weight is 350 g/mol. The van der Waals surface area contributed by atoms with Crippen LogP contribution in [0.5, 0.6) is 0 Å². The lowest BCUT2D eigenvalue weighted by atomic mass is 10.1. The monoisotopic (exact) mass is 349 g/mol. The molecule has 2 aliphatic heterocycles. The Bertz CT molecular complexity index is 684. The van der Waals surface area contributed by atoms with E-state index in [2.05, 4.69) is 10.4 Å². The average Bonchev–Trinajstić information content (AvgIpc) is 3.09. The summed E-state index contributed by atoms with van der Waals surface area (Å²) in [7, 11) is 0. The first kappa shape index (κ1) is 16.9. The molecule has 128 valence electrons. The number of hydrogen-bond donors (Lipinski definition) is 1. The van der Waals surface area contributed by atoms with Crippen LogP contribution in [-0.4, -0.2) is 37.3 Å². The van der Waals surface area contributed by atoms with Crippen LogP contribution in [0.25, 0.3) is 0 Å². The highest BCUT2D eigenvalue weighted by Gasteiger charge is 2.26. The summed E-state index contributed by atoms with van der Waals surface area (Å²) in [6.45, 7) is 3.89. The molecule has 0 radical (unpaired) electrons. The number of anilines is 1. The van der Waals surface area contributed by atoms with Crippen LogP contribution in [0.2, 0.25) is 5.02 Å². The molecular formula is C17H20ClN3O3. The van der Waals surface area contributed by atoms with Crippen molar-refractivity contribution in [2.75, 3.05) is 24.8 Å². The van der Waals surface area contributed by atoms with E-state index in [0.29, 0.717) is 41.9 Å². The molecule has 0 aliphatic carbocycles. The SMILES string of the molecule is Cc1ccc(N2N=C(C(=O)NC[C@@H]3CCOC3)CCC2=O)cc1Cl. The number of nitrogens with one attached hydrogen (secondary N) is 1. The second kappa shape index (κ2) is 7.32. The van der Waals surface area contributed by atoms with E-state index in [9.17, 15) is 9.59 Å². The second-order valence-electron chi connectivity index (χ2n) is 6.13. The summed E-state index contributed by atoms with van der Waals surface area (Å²) in [5, 5.41) is 8.96. The normalized spacial score (nSPS) is 20.9. The zero-order chi connectivity index (χ0) is 17.1. The zero-order valence-electron chi connectivity index (χ0n) is 13.5. The first-order valence-electron chi connectivity index (χ1n) is 8.07. The topological polar surface area (TPSA) is 71.0 Å². The summed E-state index contributed by atoms with van der Waals surface area (Å²) < 4.78 is 5.30. The third-order valence-electron chi connectivity index (χ3n) is 4.27. The highest BCUT2D eigenvalue weighted by atomic mass is 35.5. The molecule has 7 heteroatoms. The Kier molecular flexibility index (Phi) is 5.16. The van der Waals surface area contributed by atoms with Gasteiger partial charge in [-0.1, -0.05) is 17.7 Å². The summed E-state index contributed by atoms with van der Waals surface area (Å²) >= 11 is 6.12. The van der Waals surface area contributed by atoms with Gasteiger partial charge >= 0.3 is 0 Å². The Morgan fingerprint density at radius 1 is 1.46 bits per heavy atom. The third-order valence-corrected chi connectivity index (χ3v) is 4.68. The van der Waals surface area contributed by atoms with Crippen molar-refractivity contribution < 1.29 is 14.3 Å². The standard InChI is InChI=1S/C17H20ClN3O3/c1-11-2-3-13(8-14(11)18)21-16(22)5-4-15(20-21)17(23)19-9-12-6-7-24-10-12/h2-3,8,12H,4-7,9-10H2,1H3,(H,19,23)/t12-/m0/s1. The van der Waals surface area contributed by atoms with Crippen LogP contribution >= 0.6 is 11.6 Å². The summed E-state index contributed by atoms with van der Waals surface area (Å²) in [6.07, 6.45) is 1.56. The summed E-state index contributed by atoms with van der Waals surface area (Å²) in [5.41, 5.74) is 1.86.